The van der Waals surface area contributed by atoms with Crippen LogP contribution in [0.25, 0.3) is 16.8 Å². The number of carbonyl (C=O) groups is 1. The van der Waals surface area contributed by atoms with Crippen molar-refractivity contribution < 1.29 is 9.53 Å². The Labute approximate surface area is 200 Å². The molecule has 0 radical (unpaired) electrons. The topological polar surface area (TPSA) is 38.3 Å². The van der Waals surface area contributed by atoms with Crippen molar-refractivity contribution in [2.75, 3.05) is 5.32 Å². The Balaban J connectivity index is 1.44. The molecule has 1 N–H and O–H groups in total. The zero-order valence-electron chi connectivity index (χ0n) is 19.4. The fourth-order valence-electron chi connectivity index (χ4n) is 5.91. The predicted octanol–water partition coefficient (Wildman–Crippen LogP) is 7.09. The minimum absolute atomic E-state index is 0.00983. The molecule has 2 aliphatic rings. The van der Waals surface area contributed by atoms with Crippen molar-refractivity contribution in [3.8, 4) is 5.75 Å². The van der Waals surface area contributed by atoms with Crippen molar-refractivity contribution in [2.24, 2.45) is 0 Å². The quantitative estimate of drug-likeness (QED) is 0.366. The van der Waals surface area contributed by atoms with Gasteiger partial charge in [0.1, 0.15) is 11.4 Å². The lowest BCUT2D eigenvalue weighted by Crippen LogP contribution is -2.52. The normalized spacial score (nSPS) is 21.6. The summed E-state index contributed by atoms with van der Waals surface area (Å²) in [6.45, 7) is 4.47. The maximum Gasteiger partial charge on any atom is 0.225 e. The number of fused-ring (bicyclic) bond motifs is 4. The second kappa shape index (κ2) is 7.59. The zero-order chi connectivity index (χ0) is 23.3. The van der Waals surface area contributed by atoms with Crippen LogP contribution in [0, 0.1) is 0 Å². The number of anilines is 1. The van der Waals surface area contributed by atoms with Crippen LogP contribution in [-0.2, 0) is 10.2 Å². The molecule has 0 aromatic heterocycles. The van der Waals surface area contributed by atoms with E-state index in [1.54, 1.807) is 0 Å². The van der Waals surface area contributed by atoms with Gasteiger partial charge in [0, 0.05) is 29.0 Å². The highest BCUT2D eigenvalue weighted by atomic mass is 16.5. The summed E-state index contributed by atoms with van der Waals surface area (Å²) >= 11 is 0. The van der Waals surface area contributed by atoms with Gasteiger partial charge >= 0.3 is 0 Å². The van der Waals surface area contributed by atoms with Crippen molar-refractivity contribution in [1.29, 1.82) is 0 Å². The smallest absolute Gasteiger partial charge is 0.225 e. The van der Waals surface area contributed by atoms with Gasteiger partial charge in [0.2, 0.25) is 5.91 Å². The molecular formula is C31H27NO2. The largest absolute Gasteiger partial charge is 0.481 e. The Morgan fingerprint density at radius 3 is 2.47 bits per heavy atom. The highest BCUT2D eigenvalue weighted by Gasteiger charge is 2.60. The number of benzene rings is 4. The fraction of sp³-hybridized carbons (Fsp3) is 0.194. The van der Waals surface area contributed by atoms with Gasteiger partial charge in [-0.3, -0.25) is 4.79 Å². The minimum Gasteiger partial charge on any atom is -0.481 e. The van der Waals surface area contributed by atoms with Crippen molar-refractivity contribution in [3.05, 3.63) is 114 Å². The first-order valence-electron chi connectivity index (χ1n) is 11.8. The summed E-state index contributed by atoms with van der Waals surface area (Å²) in [5, 5.41) is 5.45. The number of ether oxygens (including phenoxy) is 1. The van der Waals surface area contributed by atoms with Crippen molar-refractivity contribution in [2.45, 2.75) is 37.2 Å². The Morgan fingerprint density at radius 1 is 0.882 bits per heavy atom. The number of amides is 1. The number of para-hydroxylation sites is 1. The third kappa shape index (κ3) is 3.00. The van der Waals surface area contributed by atoms with E-state index in [0.29, 0.717) is 6.42 Å². The van der Waals surface area contributed by atoms with Gasteiger partial charge in [0.15, 0.2) is 0 Å². The van der Waals surface area contributed by atoms with Gasteiger partial charge in [-0.25, -0.2) is 0 Å². The number of carbonyl (C=O) groups excluding carboxylic acids is 1. The van der Waals surface area contributed by atoms with Crippen molar-refractivity contribution >= 4 is 28.4 Å². The zero-order valence-corrected chi connectivity index (χ0v) is 19.4. The number of nitrogens with one attached hydrogen (secondary N) is 1. The molecule has 1 spiro atoms. The van der Waals surface area contributed by atoms with Crippen LogP contribution in [-0.4, -0.2) is 11.5 Å². The third-order valence-electron chi connectivity index (χ3n) is 7.66. The maximum absolute atomic E-state index is 13.2. The highest BCUT2D eigenvalue weighted by molar-refractivity contribution is 5.94. The van der Waals surface area contributed by atoms with Gasteiger partial charge in [0.05, 0.1) is 0 Å². The molecule has 0 saturated carbocycles. The molecule has 3 heteroatoms. The monoisotopic (exact) mass is 445 g/mol. The van der Waals surface area contributed by atoms with E-state index < -0.39 is 5.60 Å². The molecule has 34 heavy (non-hydrogen) atoms. The van der Waals surface area contributed by atoms with Gasteiger partial charge in [-0.2, -0.15) is 0 Å². The first-order valence-corrected chi connectivity index (χ1v) is 11.8. The summed E-state index contributed by atoms with van der Waals surface area (Å²) < 4.78 is 6.98. The van der Waals surface area contributed by atoms with Crippen LogP contribution in [0.3, 0.4) is 0 Å². The Kier molecular flexibility index (Phi) is 4.63. The first-order chi connectivity index (χ1) is 16.5. The number of rotatable bonds is 3. The lowest BCUT2D eigenvalue weighted by Gasteiger charge is -2.45. The Hall–Kier alpha value is -3.85. The molecule has 3 nitrogen and oxygen atoms in total. The van der Waals surface area contributed by atoms with Gasteiger partial charge in [-0.1, -0.05) is 92.7 Å². The molecule has 2 atom stereocenters. The molecule has 4 aromatic rings. The third-order valence-corrected chi connectivity index (χ3v) is 7.66. The molecule has 4 aromatic carbocycles. The van der Waals surface area contributed by atoms with Crippen molar-refractivity contribution in [3.63, 3.8) is 0 Å². The Morgan fingerprint density at radius 2 is 1.62 bits per heavy atom. The summed E-state index contributed by atoms with van der Waals surface area (Å²) in [6, 6.07) is 30.7. The average Bonchev–Trinajstić information content (AvgIpc) is 3.03. The van der Waals surface area contributed by atoms with E-state index in [0.717, 1.165) is 17.0 Å². The Bertz CT molecular complexity index is 1440. The van der Waals surface area contributed by atoms with Gasteiger partial charge < -0.3 is 10.1 Å². The van der Waals surface area contributed by atoms with Crippen LogP contribution in [0.1, 0.15) is 42.9 Å². The molecular weight excluding hydrogens is 418 g/mol. The molecule has 168 valence electrons. The lowest BCUT2D eigenvalue weighted by atomic mass is 9.69. The van der Waals surface area contributed by atoms with Crippen LogP contribution >= 0.6 is 0 Å². The SMILES string of the molecule is CC1(C)c2ccccc2C(CC(=O)Nc2ccccc2)C12C=Cc1c(ccc3ccccc13)O2. The van der Waals surface area contributed by atoms with E-state index in [4.69, 9.17) is 4.74 Å². The second-order valence-corrected chi connectivity index (χ2v) is 9.81. The molecule has 2 unspecified atom stereocenters. The van der Waals surface area contributed by atoms with Crippen LogP contribution in [0.5, 0.6) is 5.75 Å². The standard InChI is InChI=1S/C31H27NO2/c1-30(2)26-15-9-8-14-25(26)27(20-29(33)32-22-11-4-3-5-12-22)31(30)19-18-24-23-13-7-6-10-21(23)16-17-28(24)34-31/h3-19,27H,20H2,1-2H3,(H,32,33). The van der Waals surface area contributed by atoms with Crippen LogP contribution in [0.4, 0.5) is 5.69 Å². The van der Waals surface area contributed by atoms with Crippen LogP contribution in [0.2, 0.25) is 0 Å². The minimum atomic E-state index is -0.666. The predicted molar refractivity (Wildman–Crippen MR) is 138 cm³/mol. The molecule has 1 aliphatic carbocycles. The van der Waals surface area contributed by atoms with E-state index in [2.05, 4.69) is 92.0 Å². The molecule has 0 saturated heterocycles. The van der Waals surface area contributed by atoms with Gasteiger partial charge in [0.25, 0.3) is 0 Å². The van der Waals surface area contributed by atoms with E-state index in [9.17, 15) is 4.79 Å². The average molecular weight is 446 g/mol. The van der Waals surface area contributed by atoms with E-state index >= 15 is 0 Å². The second-order valence-electron chi connectivity index (χ2n) is 9.81. The molecule has 0 bridgehead atoms. The maximum atomic E-state index is 13.2. The van der Waals surface area contributed by atoms with Gasteiger partial charge in [-0.15, -0.1) is 0 Å². The number of hydrogen-bond donors (Lipinski definition) is 1. The van der Waals surface area contributed by atoms with Crippen LogP contribution < -0.4 is 10.1 Å². The lowest BCUT2D eigenvalue weighted by molar-refractivity contribution is -0.117. The van der Waals surface area contributed by atoms with Crippen LogP contribution in [0.15, 0.2) is 97.1 Å². The fourth-order valence-corrected chi connectivity index (χ4v) is 5.91. The summed E-state index contributed by atoms with van der Waals surface area (Å²) in [4.78, 5) is 13.2. The van der Waals surface area contributed by atoms with E-state index in [-0.39, 0.29) is 17.2 Å². The number of hydrogen-bond acceptors (Lipinski definition) is 2. The molecule has 1 amide bonds. The summed E-state index contributed by atoms with van der Waals surface area (Å²) in [6.07, 6.45) is 4.75. The molecule has 0 fully saturated rings. The molecule has 6 rings (SSSR count). The highest BCUT2D eigenvalue weighted by Crippen LogP contribution is 2.59. The van der Waals surface area contributed by atoms with E-state index in [1.165, 1.54) is 21.9 Å². The van der Waals surface area contributed by atoms with Crippen molar-refractivity contribution in [1.82, 2.24) is 0 Å². The molecule has 1 heterocycles. The summed E-state index contributed by atoms with van der Waals surface area (Å²) in [5.74, 6) is 0.748. The first kappa shape index (κ1) is 20.7. The summed E-state index contributed by atoms with van der Waals surface area (Å²) in [7, 11) is 0. The van der Waals surface area contributed by atoms with E-state index in [1.807, 2.05) is 30.3 Å². The summed E-state index contributed by atoms with van der Waals surface area (Å²) in [5.41, 5.74) is 3.35. The van der Waals surface area contributed by atoms with Gasteiger partial charge in [-0.05, 0) is 46.2 Å². The molecule has 1 aliphatic heterocycles.